The second kappa shape index (κ2) is 7.07. The summed E-state index contributed by atoms with van der Waals surface area (Å²) >= 11 is 5.95. The van der Waals surface area contributed by atoms with Crippen molar-refractivity contribution in [3.63, 3.8) is 0 Å². The van der Waals surface area contributed by atoms with Crippen molar-refractivity contribution in [2.75, 3.05) is 0 Å². The van der Waals surface area contributed by atoms with E-state index >= 15 is 0 Å². The van der Waals surface area contributed by atoms with Crippen LogP contribution in [-0.4, -0.2) is 17.3 Å². The quantitative estimate of drug-likeness (QED) is 0.750. The van der Waals surface area contributed by atoms with Gasteiger partial charge in [-0.2, -0.15) is 0 Å². The molecule has 2 rings (SSSR count). The highest BCUT2D eigenvalue weighted by Gasteiger charge is 2.18. The molecular weight excluding hydrogens is 238 g/mol. The van der Waals surface area contributed by atoms with Crippen molar-refractivity contribution in [1.29, 1.82) is 5.41 Å². The van der Waals surface area contributed by atoms with E-state index in [1.165, 1.54) is 12.0 Å². The maximum atomic E-state index is 8.36. The summed E-state index contributed by atoms with van der Waals surface area (Å²) in [6, 6.07) is 8.05. The Hall–Kier alpha value is -1.35. The normalized spacial score (nSPS) is 19.1. The molecule has 0 aromatic heterocycles. The number of hydrogen-bond donors (Lipinski definition) is 2. The highest BCUT2D eigenvalue weighted by Crippen LogP contribution is 2.31. The first-order valence-electron chi connectivity index (χ1n) is 5.57. The Morgan fingerprint density at radius 2 is 2.18 bits per heavy atom. The molecule has 1 fully saturated rings. The Kier molecular flexibility index (Phi) is 5.70. The minimum Gasteiger partial charge on any atom is -0.483 e. The van der Waals surface area contributed by atoms with Crippen LogP contribution in [0.5, 0.6) is 0 Å². The molecule has 3 nitrogen and oxygen atoms in total. The minimum atomic E-state index is -0.250. The number of benzene rings is 1. The van der Waals surface area contributed by atoms with Crippen LogP contribution >= 0.6 is 11.6 Å². The van der Waals surface area contributed by atoms with E-state index in [9.17, 15) is 0 Å². The molecule has 1 aromatic carbocycles. The van der Waals surface area contributed by atoms with Crippen LogP contribution < -0.4 is 0 Å². The van der Waals surface area contributed by atoms with Crippen LogP contribution in [-0.2, 0) is 4.79 Å². The first kappa shape index (κ1) is 13.7. The zero-order valence-electron chi connectivity index (χ0n) is 9.53. The van der Waals surface area contributed by atoms with E-state index in [4.69, 9.17) is 26.9 Å². The molecule has 1 aromatic rings. The first-order valence-corrected chi connectivity index (χ1v) is 5.94. The van der Waals surface area contributed by atoms with Crippen LogP contribution in [0, 0.1) is 5.41 Å². The number of rotatable bonds is 1. The lowest BCUT2D eigenvalue weighted by molar-refractivity contribution is -0.122. The van der Waals surface area contributed by atoms with E-state index in [0.717, 1.165) is 30.0 Å². The van der Waals surface area contributed by atoms with Gasteiger partial charge in [0.15, 0.2) is 0 Å². The molecule has 1 aliphatic carbocycles. The Balaban J connectivity index is 0.000000437. The smallest absolute Gasteiger partial charge is 0.290 e. The summed E-state index contributed by atoms with van der Waals surface area (Å²) in [5, 5.41) is 15.4. The summed E-state index contributed by atoms with van der Waals surface area (Å²) in [6.07, 6.45) is 4.25. The molecule has 0 heterocycles. The molecule has 0 aliphatic heterocycles. The average Bonchev–Trinajstić information content (AvgIpc) is 2.30. The van der Waals surface area contributed by atoms with Gasteiger partial charge in [-0.05, 0) is 49.3 Å². The Bertz CT molecular complexity index is 393. The van der Waals surface area contributed by atoms with Crippen LogP contribution in [0.15, 0.2) is 24.3 Å². The van der Waals surface area contributed by atoms with E-state index in [2.05, 4.69) is 6.07 Å². The number of nitrogens with one attached hydrogen (secondary N) is 1. The molecule has 0 radical (unpaired) electrons. The number of carbonyl (C=O) groups is 1. The van der Waals surface area contributed by atoms with Crippen molar-refractivity contribution in [2.45, 2.75) is 31.6 Å². The molecule has 1 atom stereocenters. The fourth-order valence-corrected chi connectivity index (χ4v) is 2.31. The van der Waals surface area contributed by atoms with Gasteiger partial charge < -0.3 is 10.5 Å². The molecule has 1 aliphatic rings. The zero-order valence-corrected chi connectivity index (χ0v) is 10.3. The van der Waals surface area contributed by atoms with Gasteiger partial charge >= 0.3 is 0 Å². The molecule has 0 spiro atoms. The zero-order chi connectivity index (χ0) is 12.7. The first-order chi connectivity index (χ1) is 8.17. The van der Waals surface area contributed by atoms with Gasteiger partial charge in [0, 0.05) is 10.7 Å². The molecule has 92 valence electrons. The maximum Gasteiger partial charge on any atom is 0.290 e. The molecule has 0 saturated heterocycles. The summed E-state index contributed by atoms with van der Waals surface area (Å²) in [5.41, 5.74) is 2.18. The van der Waals surface area contributed by atoms with Crippen molar-refractivity contribution < 1.29 is 9.90 Å². The molecule has 17 heavy (non-hydrogen) atoms. The Morgan fingerprint density at radius 1 is 1.47 bits per heavy atom. The van der Waals surface area contributed by atoms with Gasteiger partial charge in [-0.15, -0.1) is 0 Å². The second-order valence-electron chi connectivity index (χ2n) is 4.06. The lowest BCUT2D eigenvalue weighted by Gasteiger charge is -2.22. The third-order valence-corrected chi connectivity index (χ3v) is 3.08. The van der Waals surface area contributed by atoms with Crippen molar-refractivity contribution in [3.05, 3.63) is 34.9 Å². The van der Waals surface area contributed by atoms with Crippen LogP contribution in [0.4, 0.5) is 0 Å². The molecule has 0 bridgehead atoms. The van der Waals surface area contributed by atoms with Crippen molar-refractivity contribution in [3.8, 4) is 0 Å². The highest BCUT2D eigenvalue weighted by molar-refractivity contribution is 6.30. The molecular formula is C13H16ClNO2. The lowest BCUT2D eigenvalue weighted by atomic mass is 9.83. The van der Waals surface area contributed by atoms with Gasteiger partial charge in [-0.25, -0.2) is 0 Å². The second-order valence-corrected chi connectivity index (χ2v) is 4.49. The number of carboxylic acid groups (broad SMARTS) is 1. The van der Waals surface area contributed by atoms with Crippen LogP contribution in [0.25, 0.3) is 0 Å². The predicted molar refractivity (Wildman–Crippen MR) is 69.1 cm³/mol. The molecule has 4 heteroatoms. The summed E-state index contributed by atoms with van der Waals surface area (Å²) < 4.78 is 0. The summed E-state index contributed by atoms with van der Waals surface area (Å²) in [5.74, 6) is 0.523. The largest absolute Gasteiger partial charge is 0.483 e. The van der Waals surface area contributed by atoms with Gasteiger partial charge in [0.1, 0.15) is 0 Å². The van der Waals surface area contributed by atoms with E-state index in [1.54, 1.807) is 0 Å². The number of hydrogen-bond acceptors (Lipinski definition) is 2. The summed E-state index contributed by atoms with van der Waals surface area (Å²) in [6.45, 7) is -0.250. The molecule has 2 N–H and O–H groups in total. The fraction of sp³-hybridized carbons (Fsp3) is 0.385. The van der Waals surface area contributed by atoms with Crippen molar-refractivity contribution in [1.82, 2.24) is 0 Å². The minimum absolute atomic E-state index is 0.250. The van der Waals surface area contributed by atoms with E-state index in [1.807, 2.05) is 18.2 Å². The van der Waals surface area contributed by atoms with E-state index in [0.29, 0.717) is 5.92 Å². The number of halogens is 1. The molecule has 0 amide bonds. The standard InChI is InChI=1S/C12H14ClN.CH2O2/c13-11-5-1-3-9(7-11)10-4-2-6-12(14)8-10;2-1-3/h1,3,5,7,10,14H,2,4,6,8H2;1H,(H,2,3). The van der Waals surface area contributed by atoms with Crippen molar-refractivity contribution in [2.24, 2.45) is 0 Å². The SMILES string of the molecule is N=C1CCCC(c2cccc(Cl)c2)C1.O=CO. The van der Waals surface area contributed by atoms with E-state index < -0.39 is 0 Å². The van der Waals surface area contributed by atoms with Crippen LogP contribution in [0.1, 0.15) is 37.2 Å². The summed E-state index contributed by atoms with van der Waals surface area (Å²) in [4.78, 5) is 8.36. The Labute approximate surface area is 106 Å². The van der Waals surface area contributed by atoms with Crippen LogP contribution in [0.3, 0.4) is 0 Å². The fourth-order valence-electron chi connectivity index (χ4n) is 2.11. The monoisotopic (exact) mass is 253 g/mol. The highest BCUT2D eigenvalue weighted by atomic mass is 35.5. The van der Waals surface area contributed by atoms with Gasteiger partial charge in [-0.3, -0.25) is 4.79 Å². The van der Waals surface area contributed by atoms with Gasteiger partial charge in [-0.1, -0.05) is 23.7 Å². The maximum absolute atomic E-state index is 8.36. The molecule has 1 saturated carbocycles. The van der Waals surface area contributed by atoms with Crippen LogP contribution in [0.2, 0.25) is 5.02 Å². The Morgan fingerprint density at radius 3 is 2.76 bits per heavy atom. The predicted octanol–water partition coefficient (Wildman–Crippen LogP) is 3.72. The van der Waals surface area contributed by atoms with Gasteiger partial charge in [0.2, 0.25) is 0 Å². The van der Waals surface area contributed by atoms with E-state index in [-0.39, 0.29) is 6.47 Å². The average molecular weight is 254 g/mol. The third-order valence-electron chi connectivity index (χ3n) is 2.84. The van der Waals surface area contributed by atoms with Crippen molar-refractivity contribution >= 4 is 23.8 Å². The van der Waals surface area contributed by atoms with Gasteiger partial charge in [0.25, 0.3) is 6.47 Å². The topological polar surface area (TPSA) is 61.2 Å². The summed E-state index contributed by atoms with van der Waals surface area (Å²) in [7, 11) is 0. The molecule has 1 unspecified atom stereocenters. The third kappa shape index (κ3) is 4.57. The lowest BCUT2D eigenvalue weighted by Crippen LogP contribution is -2.12. The van der Waals surface area contributed by atoms with Gasteiger partial charge in [0.05, 0.1) is 0 Å².